The summed E-state index contributed by atoms with van der Waals surface area (Å²) in [5, 5.41) is 0.0334. The number of fused-ring (bicyclic) bond motifs is 1. The maximum atomic E-state index is 15.8. The average molecular weight is 983 g/mol. The van der Waals surface area contributed by atoms with Crippen LogP contribution >= 0.6 is 0 Å². The summed E-state index contributed by atoms with van der Waals surface area (Å²) in [6.07, 6.45) is 9.79. The van der Waals surface area contributed by atoms with Crippen LogP contribution in [0, 0.1) is 35.5 Å². The minimum absolute atomic E-state index is 0.00146. The second-order valence-electron chi connectivity index (χ2n) is 23.8. The number of cyclic esters (lactones) is 2. The van der Waals surface area contributed by atoms with Crippen molar-refractivity contribution in [1.82, 2.24) is 4.90 Å². The molecule has 1 aromatic rings. The summed E-state index contributed by atoms with van der Waals surface area (Å²) in [5.41, 5.74) is 2.34. The average Bonchev–Trinajstić information content (AvgIpc) is 3.85. The quantitative estimate of drug-likeness (QED) is 0.0864. The van der Waals surface area contributed by atoms with Crippen LogP contribution in [-0.2, 0) is 38.8 Å². The van der Waals surface area contributed by atoms with Gasteiger partial charge in [-0.2, -0.15) is 0 Å². The summed E-state index contributed by atoms with van der Waals surface area (Å²) in [4.78, 5) is 45.8. The number of carbonyl (C=O) groups excluding carboxylic acids is 3. The van der Waals surface area contributed by atoms with E-state index < -0.39 is 43.0 Å². The van der Waals surface area contributed by atoms with Gasteiger partial charge in [-0.15, -0.1) is 0 Å². The third kappa shape index (κ3) is 12.7. The van der Waals surface area contributed by atoms with Gasteiger partial charge in [-0.3, -0.25) is 9.59 Å². The molecule has 67 heavy (non-hydrogen) atoms. The van der Waals surface area contributed by atoms with Crippen molar-refractivity contribution in [2.45, 2.75) is 238 Å². The van der Waals surface area contributed by atoms with Gasteiger partial charge in [0.05, 0.1) is 18.2 Å². The molecule has 1 saturated carbocycles. The largest absolute Gasteiger partial charge is 0.462 e. The Morgan fingerprint density at radius 1 is 0.821 bits per heavy atom. The summed E-state index contributed by atoms with van der Waals surface area (Å²) >= 11 is 0. The molecule has 0 N–H and O–H groups in total. The van der Waals surface area contributed by atoms with Crippen molar-refractivity contribution >= 4 is 42.9 Å². The highest BCUT2D eigenvalue weighted by molar-refractivity contribution is 6.77. The van der Waals surface area contributed by atoms with Crippen LogP contribution in [0.2, 0.25) is 52.9 Å². The molecule has 0 unspecified atom stereocenters. The molecular weight excluding hydrogens is 887 g/mol. The topological polar surface area (TPSA) is 101 Å². The Kier molecular flexibility index (Phi) is 19.5. The first-order valence-corrected chi connectivity index (χ1v) is 34.5. The van der Waals surface area contributed by atoms with Gasteiger partial charge >= 0.3 is 12.1 Å². The normalized spacial score (nSPS) is 30.6. The molecule has 2 amide bonds. The van der Waals surface area contributed by atoms with Crippen molar-refractivity contribution in [1.29, 1.82) is 0 Å². The Morgan fingerprint density at radius 2 is 1.45 bits per heavy atom. The molecule has 0 spiro atoms. The van der Waals surface area contributed by atoms with Gasteiger partial charge in [0, 0.05) is 24.4 Å². The van der Waals surface area contributed by atoms with Crippen molar-refractivity contribution in [2.24, 2.45) is 35.5 Å². The molecule has 5 rings (SSSR count). The fourth-order valence-electron chi connectivity index (χ4n) is 12.8. The summed E-state index contributed by atoms with van der Waals surface area (Å²) in [6, 6.07) is 12.7. The van der Waals surface area contributed by atoms with E-state index in [-0.39, 0.29) is 83.9 Å². The standard InChI is InChI=1S/C55H95NO8Si3/c1-17-45-27-24-28-49(64-67(37(5)6,38(7)8)39(9)10)40(11)50(63-66(18-2,19-3)20-4)33-43(34-51(57)61-45)47-30-29-42-32-46(62-65(15,16)55(12,13)14)35-48(42)52(47)53(58)56-44(36-60-54(56)59)31-41-25-22-21-23-26-41/h21-23,25-26,29-30,37-40,42-50,52H,17-20,24,27-28,31-36H2,1-16H3/t40-,42-,43+,44-,45-,46-,47+,48-,49+,50-,52-/m0/s1. The van der Waals surface area contributed by atoms with Gasteiger partial charge in [0.25, 0.3) is 0 Å². The molecule has 3 fully saturated rings. The predicted octanol–water partition coefficient (Wildman–Crippen LogP) is 14.3. The molecule has 0 aromatic heterocycles. The molecule has 380 valence electrons. The van der Waals surface area contributed by atoms with Gasteiger partial charge in [-0.1, -0.05) is 139 Å². The van der Waals surface area contributed by atoms with Crippen LogP contribution in [0.3, 0.4) is 0 Å². The van der Waals surface area contributed by atoms with Crippen molar-refractivity contribution in [3.63, 3.8) is 0 Å². The van der Waals surface area contributed by atoms with E-state index in [1.807, 2.05) is 30.3 Å². The monoisotopic (exact) mass is 982 g/mol. The number of imide groups is 1. The van der Waals surface area contributed by atoms with E-state index in [4.69, 9.17) is 22.8 Å². The number of benzene rings is 1. The van der Waals surface area contributed by atoms with Crippen LogP contribution in [0.25, 0.3) is 0 Å². The van der Waals surface area contributed by atoms with Crippen LogP contribution in [0.4, 0.5) is 4.79 Å². The number of ether oxygens (including phenoxy) is 2. The molecule has 9 nitrogen and oxygen atoms in total. The Morgan fingerprint density at radius 3 is 2.01 bits per heavy atom. The second kappa shape index (κ2) is 23.4. The Bertz CT molecular complexity index is 1760. The number of hydrogen-bond donors (Lipinski definition) is 0. The predicted molar refractivity (Wildman–Crippen MR) is 280 cm³/mol. The van der Waals surface area contributed by atoms with E-state index in [9.17, 15) is 9.59 Å². The maximum Gasteiger partial charge on any atom is 0.416 e. The number of nitrogens with zero attached hydrogens (tertiary/aromatic N) is 1. The van der Waals surface area contributed by atoms with Crippen molar-refractivity contribution in [3.8, 4) is 0 Å². The van der Waals surface area contributed by atoms with Crippen LogP contribution < -0.4 is 0 Å². The maximum absolute atomic E-state index is 15.8. The zero-order valence-corrected chi connectivity index (χ0v) is 48.0. The molecule has 0 radical (unpaired) electrons. The van der Waals surface area contributed by atoms with Gasteiger partial charge in [0.15, 0.2) is 16.6 Å². The Hall–Kier alpha value is -2.10. The number of esters is 1. The van der Waals surface area contributed by atoms with E-state index in [1.165, 1.54) is 4.90 Å². The lowest BCUT2D eigenvalue weighted by atomic mass is 9.65. The first-order valence-electron chi connectivity index (χ1n) is 26.9. The van der Waals surface area contributed by atoms with Crippen molar-refractivity contribution in [2.75, 3.05) is 6.61 Å². The molecule has 2 aliphatic carbocycles. The van der Waals surface area contributed by atoms with Crippen LogP contribution in [0.5, 0.6) is 0 Å². The highest BCUT2D eigenvalue weighted by Crippen LogP contribution is 2.53. The molecule has 1 aromatic carbocycles. The first-order chi connectivity index (χ1) is 31.5. The van der Waals surface area contributed by atoms with Gasteiger partial charge < -0.3 is 22.8 Å². The summed E-state index contributed by atoms with van der Waals surface area (Å²) in [7, 11) is -6.69. The molecule has 0 bridgehead atoms. The van der Waals surface area contributed by atoms with Crippen molar-refractivity contribution < 1.29 is 37.1 Å². The molecule has 2 aliphatic heterocycles. The van der Waals surface area contributed by atoms with Gasteiger partial charge in [0.2, 0.25) is 14.2 Å². The Balaban J connectivity index is 1.66. The summed E-state index contributed by atoms with van der Waals surface area (Å²) in [5.74, 6) is -1.48. The summed E-state index contributed by atoms with van der Waals surface area (Å²) in [6.45, 7) is 37.2. The van der Waals surface area contributed by atoms with E-state index in [0.29, 0.717) is 29.5 Å². The number of rotatable bonds is 17. The lowest BCUT2D eigenvalue weighted by Crippen LogP contribution is -2.54. The molecule has 4 aliphatic rings. The Labute approximate surface area is 411 Å². The molecule has 11 atom stereocenters. The van der Waals surface area contributed by atoms with Gasteiger partial charge in [0.1, 0.15) is 12.7 Å². The fourth-order valence-corrected chi connectivity index (χ4v) is 22.8. The van der Waals surface area contributed by atoms with Crippen LogP contribution in [-0.4, -0.2) is 84.9 Å². The molecule has 12 heteroatoms. The number of carbonyl (C=O) groups is 3. The summed E-state index contributed by atoms with van der Waals surface area (Å²) < 4.78 is 35.0. The van der Waals surface area contributed by atoms with Gasteiger partial charge in [-0.05, 0) is 133 Å². The van der Waals surface area contributed by atoms with E-state index in [1.54, 1.807) is 0 Å². The lowest BCUT2D eigenvalue weighted by molar-refractivity contribution is -0.153. The smallest absolute Gasteiger partial charge is 0.416 e. The molecule has 2 saturated heterocycles. The van der Waals surface area contributed by atoms with Crippen LogP contribution in [0.1, 0.15) is 154 Å². The highest BCUT2D eigenvalue weighted by Gasteiger charge is 2.55. The minimum Gasteiger partial charge on any atom is -0.462 e. The van der Waals surface area contributed by atoms with E-state index in [2.05, 4.69) is 122 Å². The highest BCUT2D eigenvalue weighted by atomic mass is 28.4. The van der Waals surface area contributed by atoms with Gasteiger partial charge in [-0.25, -0.2) is 9.69 Å². The lowest BCUT2D eigenvalue weighted by Gasteiger charge is -2.48. The van der Waals surface area contributed by atoms with Crippen LogP contribution in [0.15, 0.2) is 42.5 Å². The zero-order chi connectivity index (χ0) is 49.6. The minimum atomic E-state index is -2.32. The van der Waals surface area contributed by atoms with E-state index in [0.717, 1.165) is 62.2 Å². The number of amides is 2. The van der Waals surface area contributed by atoms with E-state index >= 15 is 4.79 Å². The SMILES string of the molecule is CC[C@H]1CCC[C@@H](O[Si](C(C)C)(C(C)C)C(C)C)[C@H](C)[C@@H](O[Si](CC)(CC)CC)C[C@@H]([C@H]2C=C[C@H]3C[C@H](O[Si](C)(C)C(C)(C)C)C[C@@H]3[C@H]2C(=O)N2C(=O)OC[C@@H]2Cc2ccccc2)CC(=O)O1. The molecular formula is C55H95NO8Si3. The third-order valence-corrected chi connectivity index (χ3v) is 33.3. The van der Waals surface area contributed by atoms with Crippen molar-refractivity contribution in [3.05, 3.63) is 48.0 Å². The second-order valence-corrected chi connectivity index (χ2v) is 38.7. The number of allylic oxidation sites excluding steroid dienone is 2. The fraction of sp³-hybridized carbons (Fsp3) is 0.800. The number of hydrogen-bond acceptors (Lipinski definition) is 8. The zero-order valence-electron chi connectivity index (χ0n) is 45.0. The molecule has 2 heterocycles. The first kappa shape index (κ1) is 55.8. The third-order valence-electron chi connectivity index (χ3n) is 18.0.